The van der Waals surface area contributed by atoms with Crippen molar-refractivity contribution in [2.45, 2.75) is 30.3 Å². The van der Waals surface area contributed by atoms with E-state index in [-0.39, 0.29) is 5.97 Å². The zero-order valence-electron chi connectivity index (χ0n) is 14.7. The zero-order valence-corrected chi connectivity index (χ0v) is 15.5. The van der Waals surface area contributed by atoms with Crippen LogP contribution in [0.1, 0.15) is 24.2 Å². The number of nitrogens with zero attached hydrogens (tertiary/aromatic N) is 4. The summed E-state index contributed by atoms with van der Waals surface area (Å²) in [4.78, 5) is 16.4. The van der Waals surface area contributed by atoms with E-state index in [1.165, 1.54) is 18.9 Å². The number of benzene rings is 1. The van der Waals surface area contributed by atoms with Crippen molar-refractivity contribution in [1.29, 1.82) is 0 Å². The average Bonchev–Trinajstić information content (AvgIpc) is 3.09. The number of esters is 1. The van der Waals surface area contributed by atoms with Crippen LogP contribution < -0.4 is 0 Å². The van der Waals surface area contributed by atoms with Crippen LogP contribution in [0.5, 0.6) is 0 Å². The molecule has 2 aromatic heterocycles. The van der Waals surface area contributed by atoms with E-state index in [1.807, 2.05) is 47.0 Å². The number of rotatable bonds is 7. The quantitative estimate of drug-likeness (QED) is 0.467. The Balaban J connectivity index is 1.97. The van der Waals surface area contributed by atoms with Crippen molar-refractivity contribution in [2.75, 3.05) is 7.11 Å². The number of hydrogen-bond donors (Lipinski definition) is 0. The molecule has 0 spiro atoms. The number of thioether (sulfide) groups is 1. The molecule has 0 aliphatic heterocycles. The molecule has 0 saturated heterocycles. The second-order valence-electron chi connectivity index (χ2n) is 5.63. The van der Waals surface area contributed by atoms with Gasteiger partial charge in [-0.3, -0.25) is 9.78 Å². The van der Waals surface area contributed by atoms with Gasteiger partial charge in [-0.1, -0.05) is 49.0 Å². The Morgan fingerprint density at radius 1 is 1.15 bits per heavy atom. The first-order valence-corrected chi connectivity index (χ1v) is 9.25. The fourth-order valence-electron chi connectivity index (χ4n) is 2.61. The van der Waals surface area contributed by atoms with Gasteiger partial charge in [0.1, 0.15) is 5.25 Å². The highest BCUT2D eigenvalue weighted by molar-refractivity contribution is 8.00. The molecule has 6 nitrogen and oxygen atoms in total. The summed E-state index contributed by atoms with van der Waals surface area (Å²) in [6.45, 7) is 2.86. The molecule has 0 saturated carbocycles. The van der Waals surface area contributed by atoms with E-state index in [4.69, 9.17) is 4.74 Å². The zero-order chi connectivity index (χ0) is 18.4. The number of pyridine rings is 1. The minimum Gasteiger partial charge on any atom is -0.468 e. The number of methoxy groups -OCH3 is 1. The van der Waals surface area contributed by atoms with Crippen LogP contribution in [0.2, 0.25) is 0 Å². The van der Waals surface area contributed by atoms with E-state index < -0.39 is 5.25 Å². The van der Waals surface area contributed by atoms with Gasteiger partial charge in [0, 0.05) is 24.5 Å². The molecule has 0 radical (unpaired) electrons. The lowest BCUT2D eigenvalue weighted by Crippen LogP contribution is -2.12. The molecule has 0 aliphatic carbocycles. The Morgan fingerprint density at radius 3 is 2.54 bits per heavy atom. The van der Waals surface area contributed by atoms with E-state index in [2.05, 4.69) is 22.1 Å². The van der Waals surface area contributed by atoms with Crippen LogP contribution >= 0.6 is 11.8 Å². The van der Waals surface area contributed by atoms with Crippen molar-refractivity contribution in [3.8, 4) is 11.4 Å². The summed E-state index contributed by atoms with van der Waals surface area (Å²) in [6, 6.07) is 13.4. The van der Waals surface area contributed by atoms with Gasteiger partial charge in [0.05, 0.1) is 7.11 Å². The molecule has 1 aromatic carbocycles. The molecule has 0 aliphatic rings. The molecule has 0 bridgehead atoms. The van der Waals surface area contributed by atoms with Crippen molar-refractivity contribution < 1.29 is 9.53 Å². The molecule has 7 heteroatoms. The molecule has 26 heavy (non-hydrogen) atoms. The minimum atomic E-state index is -0.494. The lowest BCUT2D eigenvalue weighted by molar-refractivity contribution is -0.140. The Labute approximate surface area is 156 Å². The highest BCUT2D eigenvalue weighted by Gasteiger charge is 2.26. The van der Waals surface area contributed by atoms with Gasteiger partial charge in [0.25, 0.3) is 0 Å². The summed E-state index contributed by atoms with van der Waals surface area (Å²) >= 11 is 1.36. The molecule has 0 fully saturated rings. The number of aromatic nitrogens is 4. The molecule has 134 valence electrons. The van der Waals surface area contributed by atoms with Crippen molar-refractivity contribution in [3.05, 3.63) is 60.4 Å². The van der Waals surface area contributed by atoms with Gasteiger partial charge in [0.2, 0.25) is 0 Å². The van der Waals surface area contributed by atoms with E-state index in [0.29, 0.717) is 5.16 Å². The van der Waals surface area contributed by atoms with Crippen molar-refractivity contribution in [1.82, 2.24) is 19.7 Å². The lowest BCUT2D eigenvalue weighted by Gasteiger charge is -2.15. The van der Waals surface area contributed by atoms with Crippen LogP contribution in [0.25, 0.3) is 11.4 Å². The first kappa shape index (κ1) is 18.1. The third-order valence-electron chi connectivity index (χ3n) is 3.84. The molecule has 0 N–H and O–H groups in total. The molecule has 2 heterocycles. The van der Waals surface area contributed by atoms with E-state index in [0.717, 1.165) is 29.9 Å². The standard InChI is InChI=1S/C19H20N4O2S/c1-3-13-23-17(15-9-11-20-12-10-15)21-22-19(23)26-16(18(24)25-2)14-7-5-4-6-8-14/h4-12,16H,3,13H2,1-2H3. The van der Waals surface area contributed by atoms with Crippen LogP contribution in [0.4, 0.5) is 0 Å². The topological polar surface area (TPSA) is 69.9 Å². The monoisotopic (exact) mass is 368 g/mol. The smallest absolute Gasteiger partial charge is 0.323 e. The van der Waals surface area contributed by atoms with Crippen LogP contribution in [-0.2, 0) is 16.1 Å². The van der Waals surface area contributed by atoms with Crippen LogP contribution in [0.15, 0.2) is 60.0 Å². The summed E-state index contributed by atoms with van der Waals surface area (Å²) in [6.07, 6.45) is 4.39. The van der Waals surface area contributed by atoms with E-state index in [9.17, 15) is 4.79 Å². The normalized spacial score (nSPS) is 11.9. The van der Waals surface area contributed by atoms with Gasteiger partial charge in [-0.15, -0.1) is 10.2 Å². The third kappa shape index (κ3) is 3.94. The number of carbonyl (C=O) groups excluding carboxylic acids is 1. The molecule has 0 amide bonds. The van der Waals surface area contributed by atoms with E-state index >= 15 is 0 Å². The first-order chi connectivity index (χ1) is 12.7. The van der Waals surface area contributed by atoms with Crippen LogP contribution in [-0.4, -0.2) is 32.8 Å². The summed E-state index contributed by atoms with van der Waals surface area (Å²) in [7, 11) is 1.40. The summed E-state index contributed by atoms with van der Waals surface area (Å²) < 4.78 is 7.05. The predicted octanol–water partition coefficient (Wildman–Crippen LogP) is 3.76. The molecular weight excluding hydrogens is 348 g/mol. The maximum absolute atomic E-state index is 12.4. The second-order valence-corrected chi connectivity index (χ2v) is 6.70. The van der Waals surface area contributed by atoms with Crippen molar-refractivity contribution >= 4 is 17.7 Å². The third-order valence-corrected chi connectivity index (χ3v) is 5.06. The van der Waals surface area contributed by atoms with Gasteiger partial charge in [-0.05, 0) is 24.1 Å². The fourth-order valence-corrected chi connectivity index (χ4v) is 3.70. The maximum Gasteiger partial charge on any atom is 0.323 e. The van der Waals surface area contributed by atoms with Gasteiger partial charge in [-0.25, -0.2) is 0 Å². The fraction of sp³-hybridized carbons (Fsp3) is 0.263. The minimum absolute atomic E-state index is 0.308. The molecular formula is C19H20N4O2S. The Bertz CT molecular complexity index is 852. The summed E-state index contributed by atoms with van der Waals surface area (Å²) in [5, 5.41) is 8.89. The average molecular weight is 368 g/mol. The number of carbonyl (C=O) groups is 1. The first-order valence-electron chi connectivity index (χ1n) is 8.37. The highest BCUT2D eigenvalue weighted by Crippen LogP contribution is 2.36. The largest absolute Gasteiger partial charge is 0.468 e. The van der Waals surface area contributed by atoms with Crippen LogP contribution in [0, 0.1) is 0 Å². The molecule has 1 atom stereocenters. The summed E-state index contributed by atoms with van der Waals surface area (Å²) in [5.74, 6) is 0.464. The van der Waals surface area contributed by atoms with Gasteiger partial charge >= 0.3 is 5.97 Å². The Kier molecular flexibility index (Phi) is 6.01. The predicted molar refractivity (Wildman–Crippen MR) is 101 cm³/mol. The number of ether oxygens (including phenoxy) is 1. The van der Waals surface area contributed by atoms with Gasteiger partial charge in [-0.2, -0.15) is 0 Å². The highest BCUT2D eigenvalue weighted by atomic mass is 32.2. The Hall–Kier alpha value is -2.67. The Morgan fingerprint density at radius 2 is 1.88 bits per heavy atom. The molecule has 1 unspecified atom stereocenters. The SMILES string of the molecule is CCCn1c(SC(C(=O)OC)c2ccccc2)nnc1-c1ccncc1. The summed E-state index contributed by atoms with van der Waals surface area (Å²) in [5.41, 5.74) is 1.82. The number of hydrogen-bond acceptors (Lipinski definition) is 6. The van der Waals surface area contributed by atoms with Crippen LogP contribution in [0.3, 0.4) is 0 Å². The van der Waals surface area contributed by atoms with Gasteiger partial charge < -0.3 is 9.30 Å². The van der Waals surface area contributed by atoms with Crippen molar-refractivity contribution in [2.24, 2.45) is 0 Å². The van der Waals surface area contributed by atoms with Crippen molar-refractivity contribution in [3.63, 3.8) is 0 Å². The lowest BCUT2D eigenvalue weighted by atomic mass is 10.1. The molecule has 3 aromatic rings. The molecule has 3 rings (SSSR count). The second kappa shape index (κ2) is 8.62. The van der Waals surface area contributed by atoms with E-state index in [1.54, 1.807) is 12.4 Å². The van der Waals surface area contributed by atoms with Gasteiger partial charge in [0.15, 0.2) is 11.0 Å². The maximum atomic E-state index is 12.4.